The van der Waals surface area contributed by atoms with Crippen LogP contribution in [0.5, 0.6) is 0 Å². The Hall–Kier alpha value is -0.610. The van der Waals surface area contributed by atoms with E-state index >= 15 is 0 Å². The molecular weight excluding hydrogens is 182 g/mol. The summed E-state index contributed by atoms with van der Waals surface area (Å²) >= 11 is 0. The van der Waals surface area contributed by atoms with Crippen molar-refractivity contribution in [2.24, 2.45) is 5.92 Å². The van der Waals surface area contributed by atoms with E-state index in [1.807, 2.05) is 0 Å². The van der Waals surface area contributed by atoms with Gasteiger partial charge in [0.05, 0.1) is 12.5 Å². The molecule has 0 saturated carbocycles. The molecule has 0 aliphatic carbocycles. The average molecular weight is 201 g/mol. The van der Waals surface area contributed by atoms with Gasteiger partial charge in [-0.3, -0.25) is 9.69 Å². The number of aliphatic carboxylic acids is 1. The molecule has 1 fully saturated rings. The maximum Gasteiger partial charge on any atom is 0.307 e. The van der Waals surface area contributed by atoms with E-state index in [1.54, 1.807) is 6.92 Å². The summed E-state index contributed by atoms with van der Waals surface area (Å²) < 4.78 is 5.39. The fourth-order valence-corrected chi connectivity index (χ4v) is 1.65. The Morgan fingerprint density at radius 1 is 1.71 bits per heavy atom. The van der Waals surface area contributed by atoms with Gasteiger partial charge in [-0.25, -0.2) is 0 Å². The van der Waals surface area contributed by atoms with Crippen LogP contribution in [0.2, 0.25) is 0 Å². The normalized spacial score (nSPS) is 26.9. The lowest BCUT2D eigenvalue weighted by Gasteiger charge is -2.27. The third kappa shape index (κ3) is 3.27. The van der Waals surface area contributed by atoms with Crippen LogP contribution in [0.25, 0.3) is 0 Å². The Morgan fingerprint density at radius 2 is 2.43 bits per heavy atom. The maximum atomic E-state index is 10.7. The lowest BCUT2D eigenvalue weighted by atomic mass is 10.1. The molecule has 1 rings (SSSR count). The molecule has 1 saturated heterocycles. The van der Waals surface area contributed by atoms with E-state index in [-0.39, 0.29) is 5.92 Å². The largest absolute Gasteiger partial charge is 0.481 e. The molecule has 0 aromatic rings. The predicted octanol–water partition coefficient (Wildman–Crippen LogP) is 0.818. The number of hydrogen-bond donors (Lipinski definition) is 1. The molecule has 2 unspecified atom stereocenters. The highest BCUT2D eigenvalue weighted by Crippen LogP contribution is 2.10. The Bertz CT molecular complexity index is 196. The minimum absolute atomic E-state index is 0.296. The van der Waals surface area contributed by atoms with E-state index in [9.17, 15) is 4.79 Å². The zero-order valence-electron chi connectivity index (χ0n) is 8.90. The lowest BCUT2D eigenvalue weighted by Crippen LogP contribution is -2.39. The minimum Gasteiger partial charge on any atom is -0.481 e. The molecule has 1 N–H and O–H groups in total. The van der Waals surface area contributed by atoms with E-state index in [2.05, 4.69) is 11.8 Å². The van der Waals surface area contributed by atoms with Crippen molar-refractivity contribution < 1.29 is 14.6 Å². The number of hydrogen-bond acceptors (Lipinski definition) is 3. The van der Waals surface area contributed by atoms with Crippen LogP contribution in [0.15, 0.2) is 0 Å². The zero-order chi connectivity index (χ0) is 10.6. The van der Waals surface area contributed by atoms with Gasteiger partial charge in [-0.1, -0.05) is 6.92 Å². The van der Waals surface area contributed by atoms with E-state index < -0.39 is 5.97 Å². The number of nitrogens with zero attached hydrogens (tertiary/aromatic N) is 1. The number of carboxylic acid groups (broad SMARTS) is 1. The van der Waals surface area contributed by atoms with Crippen molar-refractivity contribution in [2.45, 2.75) is 26.3 Å². The molecule has 82 valence electrons. The molecule has 4 nitrogen and oxygen atoms in total. The lowest BCUT2D eigenvalue weighted by molar-refractivity contribution is -0.141. The standard InChI is InChI=1S/C10H19NO3/c1-8(10(12)13)6-11-4-3-5-14-7-9(11)2/h8-9H,3-7H2,1-2H3,(H,12,13). The molecule has 4 heteroatoms. The number of ether oxygens (including phenoxy) is 1. The molecular formula is C10H19NO3. The average Bonchev–Trinajstić information content (AvgIpc) is 2.32. The van der Waals surface area contributed by atoms with Crippen molar-refractivity contribution in [1.29, 1.82) is 0 Å². The third-order valence-corrected chi connectivity index (χ3v) is 2.65. The van der Waals surface area contributed by atoms with E-state index in [0.29, 0.717) is 19.2 Å². The summed E-state index contributed by atoms with van der Waals surface area (Å²) in [7, 11) is 0. The summed E-state index contributed by atoms with van der Waals surface area (Å²) in [5.41, 5.74) is 0. The number of rotatable bonds is 3. The molecule has 0 aromatic heterocycles. The van der Waals surface area contributed by atoms with Crippen LogP contribution in [0, 0.1) is 5.92 Å². The fourth-order valence-electron chi connectivity index (χ4n) is 1.65. The summed E-state index contributed by atoms with van der Waals surface area (Å²) in [6.07, 6.45) is 0.997. The van der Waals surface area contributed by atoms with Crippen LogP contribution in [-0.4, -0.2) is 48.3 Å². The molecule has 0 amide bonds. The summed E-state index contributed by atoms with van der Waals surface area (Å²) in [5.74, 6) is -1.02. The highest BCUT2D eigenvalue weighted by Gasteiger charge is 2.21. The number of carboxylic acids is 1. The van der Waals surface area contributed by atoms with Gasteiger partial charge in [0, 0.05) is 25.7 Å². The molecule has 0 radical (unpaired) electrons. The van der Waals surface area contributed by atoms with Gasteiger partial charge in [-0.2, -0.15) is 0 Å². The first-order valence-electron chi connectivity index (χ1n) is 5.16. The van der Waals surface area contributed by atoms with Gasteiger partial charge in [0.1, 0.15) is 0 Å². The van der Waals surface area contributed by atoms with Crippen LogP contribution in [0.4, 0.5) is 0 Å². The Labute approximate surface area is 84.8 Å². The Kier molecular flexibility index (Phi) is 4.35. The molecule has 0 aromatic carbocycles. The van der Waals surface area contributed by atoms with Gasteiger partial charge >= 0.3 is 5.97 Å². The summed E-state index contributed by atoms with van der Waals surface area (Å²) in [4.78, 5) is 12.9. The third-order valence-electron chi connectivity index (χ3n) is 2.65. The monoisotopic (exact) mass is 201 g/mol. The first-order chi connectivity index (χ1) is 6.61. The maximum absolute atomic E-state index is 10.7. The van der Waals surface area contributed by atoms with Gasteiger partial charge in [-0.15, -0.1) is 0 Å². The SMILES string of the molecule is CC(CN1CCCOCC1C)C(=O)O. The second kappa shape index (κ2) is 5.32. The summed E-state index contributed by atoms with van der Waals surface area (Å²) in [6, 6.07) is 0.333. The summed E-state index contributed by atoms with van der Waals surface area (Å²) in [5, 5.41) is 8.81. The molecule has 1 aliphatic heterocycles. The summed E-state index contributed by atoms with van der Waals surface area (Å²) in [6.45, 7) is 6.91. The smallest absolute Gasteiger partial charge is 0.307 e. The van der Waals surface area contributed by atoms with Crippen LogP contribution in [-0.2, 0) is 9.53 Å². The second-order valence-corrected chi connectivity index (χ2v) is 4.01. The molecule has 1 aliphatic rings. The molecule has 2 atom stereocenters. The van der Waals surface area contributed by atoms with Crippen molar-refractivity contribution in [3.8, 4) is 0 Å². The van der Waals surface area contributed by atoms with Crippen LogP contribution in [0.1, 0.15) is 20.3 Å². The van der Waals surface area contributed by atoms with Gasteiger partial charge in [0.2, 0.25) is 0 Å². The fraction of sp³-hybridized carbons (Fsp3) is 0.900. The minimum atomic E-state index is -0.720. The van der Waals surface area contributed by atoms with Crippen LogP contribution in [0.3, 0.4) is 0 Å². The van der Waals surface area contributed by atoms with E-state index in [4.69, 9.17) is 9.84 Å². The molecule has 0 spiro atoms. The van der Waals surface area contributed by atoms with E-state index in [0.717, 1.165) is 19.6 Å². The highest BCUT2D eigenvalue weighted by atomic mass is 16.5. The Balaban J connectivity index is 2.43. The van der Waals surface area contributed by atoms with E-state index in [1.165, 1.54) is 0 Å². The molecule has 14 heavy (non-hydrogen) atoms. The van der Waals surface area contributed by atoms with Gasteiger partial charge < -0.3 is 9.84 Å². The van der Waals surface area contributed by atoms with Crippen LogP contribution >= 0.6 is 0 Å². The van der Waals surface area contributed by atoms with Gasteiger partial charge in [0.15, 0.2) is 0 Å². The first-order valence-corrected chi connectivity index (χ1v) is 5.16. The van der Waals surface area contributed by atoms with Crippen molar-refractivity contribution in [3.63, 3.8) is 0 Å². The van der Waals surface area contributed by atoms with Gasteiger partial charge in [-0.05, 0) is 13.3 Å². The zero-order valence-corrected chi connectivity index (χ0v) is 8.90. The second-order valence-electron chi connectivity index (χ2n) is 4.01. The van der Waals surface area contributed by atoms with Gasteiger partial charge in [0.25, 0.3) is 0 Å². The van der Waals surface area contributed by atoms with Crippen molar-refractivity contribution in [2.75, 3.05) is 26.3 Å². The van der Waals surface area contributed by atoms with Crippen molar-refractivity contribution in [1.82, 2.24) is 4.90 Å². The van der Waals surface area contributed by atoms with Crippen molar-refractivity contribution in [3.05, 3.63) is 0 Å². The molecule has 1 heterocycles. The topological polar surface area (TPSA) is 49.8 Å². The predicted molar refractivity (Wildman–Crippen MR) is 53.3 cm³/mol. The quantitative estimate of drug-likeness (QED) is 0.734. The first kappa shape index (κ1) is 11.5. The van der Waals surface area contributed by atoms with Crippen LogP contribution < -0.4 is 0 Å². The van der Waals surface area contributed by atoms with Crippen molar-refractivity contribution >= 4 is 5.97 Å². The molecule has 0 bridgehead atoms. The Morgan fingerprint density at radius 3 is 3.07 bits per heavy atom. The highest BCUT2D eigenvalue weighted by molar-refractivity contribution is 5.69. The number of carbonyl (C=O) groups is 1.